The van der Waals surface area contributed by atoms with Gasteiger partial charge in [0.1, 0.15) is 0 Å². The third-order valence-electron chi connectivity index (χ3n) is 5.73. The van der Waals surface area contributed by atoms with Crippen molar-refractivity contribution in [1.29, 1.82) is 0 Å². The number of benzene rings is 1. The van der Waals surface area contributed by atoms with Crippen LogP contribution in [0.5, 0.6) is 0 Å². The smallest absolute Gasteiger partial charge is 0.377 e. The van der Waals surface area contributed by atoms with Gasteiger partial charge in [-0.25, -0.2) is 0 Å². The van der Waals surface area contributed by atoms with Gasteiger partial charge in [0.25, 0.3) is 10.1 Å². The van der Waals surface area contributed by atoms with Crippen LogP contribution in [0.2, 0.25) is 0 Å². The Kier molecular flexibility index (Phi) is 5.81. The largest absolute Gasteiger partial charge is 0.411 e. The highest BCUT2D eigenvalue weighted by Crippen LogP contribution is 2.48. The van der Waals surface area contributed by atoms with E-state index in [0.717, 1.165) is 31.5 Å². The van der Waals surface area contributed by atoms with E-state index in [1.165, 1.54) is 12.1 Å². The summed E-state index contributed by atoms with van der Waals surface area (Å²) in [5, 5.41) is 5.91. The third kappa shape index (κ3) is 4.51. The summed E-state index contributed by atoms with van der Waals surface area (Å²) in [7, 11) is -4.02. The Morgan fingerprint density at radius 1 is 1.21 bits per heavy atom. The van der Waals surface area contributed by atoms with Crippen molar-refractivity contribution in [2.45, 2.75) is 36.4 Å². The summed E-state index contributed by atoms with van der Waals surface area (Å²) in [6.07, 6.45) is -2.09. The topological polar surface area (TPSA) is 87.7 Å². The van der Waals surface area contributed by atoms with Crippen molar-refractivity contribution in [3.05, 3.63) is 29.8 Å². The first-order valence-electron chi connectivity index (χ1n) is 9.09. The maximum absolute atomic E-state index is 12.8. The van der Waals surface area contributed by atoms with Crippen molar-refractivity contribution in [3.63, 3.8) is 0 Å². The minimum Gasteiger partial charge on any atom is -0.377 e. The molecule has 2 heterocycles. The standard InChI is InChI=1S/C11H17F3N2O.C7H8O3S/c12-11(13,14)10(6-17-7-10)16-3-8-1-9(2-8)4-15-5-9;1-6-2-4-7(5-3-6)11(8,9)10/h8,15-16H,1-7H2;2-5H,1H3,(H,8,9,10). The lowest BCUT2D eigenvalue weighted by molar-refractivity contribution is -0.268. The fourth-order valence-corrected chi connectivity index (χ4v) is 4.28. The van der Waals surface area contributed by atoms with Gasteiger partial charge in [-0.15, -0.1) is 0 Å². The molecule has 4 rings (SSSR count). The zero-order chi connectivity index (χ0) is 20.6. The van der Waals surface area contributed by atoms with Crippen LogP contribution in [-0.2, 0) is 14.9 Å². The molecule has 0 atom stereocenters. The number of alkyl halides is 3. The molecule has 1 aliphatic carbocycles. The summed E-state index contributed by atoms with van der Waals surface area (Å²) in [5.74, 6) is 0.400. The van der Waals surface area contributed by atoms with E-state index in [4.69, 9.17) is 9.29 Å². The lowest BCUT2D eigenvalue weighted by Crippen LogP contribution is -2.71. The molecule has 3 aliphatic rings. The second kappa shape index (κ2) is 7.56. The summed E-state index contributed by atoms with van der Waals surface area (Å²) < 4.78 is 72.7. The van der Waals surface area contributed by atoms with Crippen molar-refractivity contribution in [2.24, 2.45) is 11.3 Å². The summed E-state index contributed by atoms with van der Waals surface area (Å²) in [4.78, 5) is -0.0666. The van der Waals surface area contributed by atoms with Gasteiger partial charge < -0.3 is 10.1 Å². The average Bonchev–Trinajstić information content (AvgIpc) is 2.44. The van der Waals surface area contributed by atoms with E-state index >= 15 is 0 Å². The maximum atomic E-state index is 12.8. The number of ether oxygens (including phenoxy) is 1. The fourth-order valence-electron chi connectivity index (χ4n) is 3.80. The van der Waals surface area contributed by atoms with Crippen molar-refractivity contribution >= 4 is 10.1 Å². The van der Waals surface area contributed by atoms with E-state index in [1.807, 2.05) is 6.92 Å². The molecule has 158 valence electrons. The Morgan fingerprint density at radius 3 is 2.14 bits per heavy atom. The Hall–Kier alpha value is -1.20. The second-order valence-corrected chi connectivity index (χ2v) is 9.54. The number of aryl methyl sites for hydroxylation is 1. The molecule has 6 nitrogen and oxygen atoms in total. The SMILES string of the molecule is Cc1ccc(S(=O)(=O)O)cc1.FC(F)(F)C1(NCC2CC3(CNC3)C2)COC1. The van der Waals surface area contributed by atoms with E-state index in [1.54, 1.807) is 12.1 Å². The van der Waals surface area contributed by atoms with Gasteiger partial charge in [0.15, 0.2) is 5.54 Å². The van der Waals surface area contributed by atoms with Crippen LogP contribution < -0.4 is 10.6 Å². The number of hydrogen-bond donors (Lipinski definition) is 3. The number of hydrogen-bond acceptors (Lipinski definition) is 5. The van der Waals surface area contributed by atoms with Crippen molar-refractivity contribution < 1.29 is 30.9 Å². The van der Waals surface area contributed by atoms with Crippen LogP contribution in [0.3, 0.4) is 0 Å². The van der Waals surface area contributed by atoms with Gasteiger partial charge in [0.2, 0.25) is 0 Å². The molecule has 0 radical (unpaired) electrons. The average molecular weight is 422 g/mol. The molecule has 0 aromatic heterocycles. The first-order chi connectivity index (χ1) is 12.9. The van der Waals surface area contributed by atoms with Gasteiger partial charge in [-0.3, -0.25) is 9.87 Å². The first-order valence-corrected chi connectivity index (χ1v) is 10.5. The minimum absolute atomic E-state index is 0.0666. The van der Waals surface area contributed by atoms with Gasteiger partial charge in [0, 0.05) is 13.1 Å². The molecule has 2 saturated heterocycles. The molecule has 0 amide bonds. The fraction of sp³-hybridized carbons (Fsp3) is 0.667. The Labute approximate surface area is 162 Å². The van der Waals surface area contributed by atoms with Crippen molar-refractivity contribution in [1.82, 2.24) is 10.6 Å². The Bertz CT molecular complexity index is 780. The van der Waals surface area contributed by atoms with E-state index in [-0.39, 0.29) is 18.1 Å². The van der Waals surface area contributed by atoms with Crippen molar-refractivity contribution in [3.8, 4) is 0 Å². The maximum Gasteiger partial charge on any atom is 0.411 e. The van der Waals surface area contributed by atoms with E-state index in [9.17, 15) is 21.6 Å². The summed E-state index contributed by atoms with van der Waals surface area (Å²) >= 11 is 0. The number of halogens is 3. The summed E-state index contributed by atoms with van der Waals surface area (Å²) in [6.45, 7) is 3.90. The van der Waals surface area contributed by atoms with Crippen LogP contribution in [0, 0.1) is 18.3 Å². The Morgan fingerprint density at radius 2 is 1.79 bits per heavy atom. The normalized spacial score (nSPS) is 23.0. The Balaban J connectivity index is 0.000000178. The first kappa shape index (κ1) is 21.5. The van der Waals surface area contributed by atoms with Gasteiger partial charge in [-0.2, -0.15) is 21.6 Å². The van der Waals surface area contributed by atoms with Gasteiger partial charge in [-0.1, -0.05) is 17.7 Å². The zero-order valence-corrected chi connectivity index (χ0v) is 16.4. The predicted molar refractivity (Wildman–Crippen MR) is 96.6 cm³/mol. The molecule has 0 unspecified atom stereocenters. The molecule has 2 aliphatic heterocycles. The van der Waals surface area contributed by atoms with Gasteiger partial charge in [0.05, 0.1) is 18.1 Å². The van der Waals surface area contributed by atoms with Crippen molar-refractivity contribution in [2.75, 3.05) is 32.8 Å². The minimum atomic E-state index is -4.20. The summed E-state index contributed by atoms with van der Waals surface area (Å²) in [6, 6.07) is 5.99. The highest BCUT2D eigenvalue weighted by Gasteiger charge is 2.60. The van der Waals surface area contributed by atoms with Gasteiger partial charge >= 0.3 is 6.18 Å². The molecule has 1 aromatic rings. The molecule has 10 heteroatoms. The zero-order valence-electron chi connectivity index (χ0n) is 15.6. The van der Waals surface area contributed by atoms with Crippen LogP contribution in [0.15, 0.2) is 29.2 Å². The second-order valence-electron chi connectivity index (χ2n) is 8.12. The van der Waals surface area contributed by atoms with E-state index < -0.39 is 21.8 Å². The molecule has 1 saturated carbocycles. The number of nitrogens with one attached hydrogen (secondary N) is 2. The van der Waals surface area contributed by atoms with Crippen LogP contribution >= 0.6 is 0 Å². The molecule has 1 aromatic carbocycles. The van der Waals surface area contributed by atoms with E-state index in [0.29, 0.717) is 17.9 Å². The highest BCUT2D eigenvalue weighted by molar-refractivity contribution is 7.85. The lowest BCUT2D eigenvalue weighted by atomic mass is 9.58. The molecule has 28 heavy (non-hydrogen) atoms. The molecule has 3 fully saturated rings. The van der Waals surface area contributed by atoms with Crippen LogP contribution in [-0.4, -0.2) is 57.5 Å². The van der Waals surface area contributed by atoms with Crippen LogP contribution in [0.4, 0.5) is 13.2 Å². The lowest BCUT2D eigenvalue weighted by Gasteiger charge is -2.55. The summed E-state index contributed by atoms with van der Waals surface area (Å²) in [5.41, 5.74) is -0.390. The molecule has 0 bridgehead atoms. The highest BCUT2D eigenvalue weighted by atomic mass is 32.2. The molecule has 1 spiro atoms. The van der Waals surface area contributed by atoms with Gasteiger partial charge in [-0.05, 0) is 49.8 Å². The van der Waals surface area contributed by atoms with Crippen LogP contribution in [0.25, 0.3) is 0 Å². The number of rotatable bonds is 4. The predicted octanol–water partition coefficient (Wildman–Crippen LogP) is 2.15. The molecule has 3 N–H and O–H groups in total. The monoisotopic (exact) mass is 422 g/mol. The molecular weight excluding hydrogens is 397 g/mol. The van der Waals surface area contributed by atoms with E-state index in [2.05, 4.69) is 10.6 Å². The third-order valence-corrected chi connectivity index (χ3v) is 6.60. The van der Waals surface area contributed by atoms with Crippen LogP contribution in [0.1, 0.15) is 18.4 Å². The quantitative estimate of drug-likeness (QED) is 0.645. The molecular formula is C18H25F3N2O4S.